The summed E-state index contributed by atoms with van der Waals surface area (Å²) in [5.41, 5.74) is 0. The van der Waals surface area contributed by atoms with E-state index in [4.69, 9.17) is 4.74 Å². The Labute approximate surface area is 77.6 Å². The number of carbonyl (C=O) groups excluding carboxylic acids is 1. The van der Waals surface area contributed by atoms with Crippen molar-refractivity contribution in [2.45, 2.75) is 33.4 Å². The molecule has 78 valence electrons. The number of nitrogens with zero attached hydrogens (tertiary/aromatic N) is 1. The van der Waals surface area contributed by atoms with Gasteiger partial charge in [0.05, 0.1) is 0 Å². The van der Waals surface area contributed by atoms with Crippen LogP contribution in [0.3, 0.4) is 0 Å². The number of ether oxygens (including phenoxy) is 2. The molecule has 0 saturated carbocycles. The molecule has 13 heavy (non-hydrogen) atoms. The van der Waals surface area contributed by atoms with Crippen molar-refractivity contribution in [1.29, 1.82) is 0 Å². The maximum absolute atomic E-state index is 12.3. The molecule has 2 atom stereocenters. The molecule has 2 unspecified atom stereocenters. The monoisotopic (exact) mass is 193 g/mol. The topological polar surface area (TPSA) is 38.8 Å². The third kappa shape index (κ3) is 4.07. The fourth-order valence-electron chi connectivity index (χ4n) is 0.869. The lowest BCUT2D eigenvalue weighted by Crippen LogP contribution is -2.40. The highest BCUT2D eigenvalue weighted by atomic mass is 19.1. The Morgan fingerprint density at radius 2 is 2.08 bits per heavy atom. The van der Waals surface area contributed by atoms with Crippen LogP contribution in [0, 0.1) is 0 Å². The average Bonchev–Trinajstić information content (AvgIpc) is 2.03. The first-order valence-electron chi connectivity index (χ1n) is 4.17. The zero-order valence-electron chi connectivity index (χ0n) is 8.41. The van der Waals surface area contributed by atoms with Gasteiger partial charge in [0, 0.05) is 20.6 Å². The highest BCUT2D eigenvalue weighted by Crippen LogP contribution is 2.04. The average molecular weight is 193 g/mol. The van der Waals surface area contributed by atoms with Crippen molar-refractivity contribution in [1.82, 2.24) is 4.90 Å². The number of alkyl halides is 1. The molecule has 0 rings (SSSR count). The molecule has 0 aromatic carbocycles. The number of methoxy groups -OCH3 is 1. The normalized spacial score (nSPS) is 14.8. The summed E-state index contributed by atoms with van der Waals surface area (Å²) in [6, 6.07) is 0. The van der Waals surface area contributed by atoms with Crippen LogP contribution in [0.4, 0.5) is 9.18 Å². The van der Waals surface area contributed by atoms with Gasteiger partial charge in [-0.05, 0) is 13.8 Å². The van der Waals surface area contributed by atoms with E-state index in [2.05, 4.69) is 4.74 Å². The molecular formula is C8H16FNO3. The van der Waals surface area contributed by atoms with Crippen LogP contribution in [0.1, 0.15) is 20.8 Å². The summed E-state index contributed by atoms with van der Waals surface area (Å²) in [4.78, 5) is 12.5. The van der Waals surface area contributed by atoms with Crippen LogP contribution in [0.5, 0.6) is 0 Å². The molecule has 4 nitrogen and oxygen atoms in total. The first-order chi connectivity index (χ1) is 6.02. The van der Waals surface area contributed by atoms with Crippen molar-refractivity contribution in [3.05, 3.63) is 0 Å². The second kappa shape index (κ2) is 5.75. The molecule has 0 aromatic rings. The summed E-state index contributed by atoms with van der Waals surface area (Å²) in [6.07, 6.45) is -2.70. The van der Waals surface area contributed by atoms with Gasteiger partial charge < -0.3 is 9.47 Å². The summed E-state index contributed by atoms with van der Waals surface area (Å²) >= 11 is 0. The van der Waals surface area contributed by atoms with Gasteiger partial charge in [-0.25, -0.2) is 9.18 Å². The Kier molecular flexibility index (Phi) is 5.37. The van der Waals surface area contributed by atoms with Crippen LogP contribution in [0.25, 0.3) is 0 Å². The van der Waals surface area contributed by atoms with Gasteiger partial charge in [0.2, 0.25) is 6.36 Å². The first kappa shape index (κ1) is 12.2. The molecule has 0 spiro atoms. The van der Waals surface area contributed by atoms with Gasteiger partial charge in [0.15, 0.2) is 0 Å². The van der Waals surface area contributed by atoms with E-state index in [0.717, 1.165) is 6.92 Å². The highest BCUT2D eigenvalue weighted by Gasteiger charge is 2.20. The second-order valence-corrected chi connectivity index (χ2v) is 2.55. The molecule has 1 amide bonds. The van der Waals surface area contributed by atoms with Crippen LogP contribution < -0.4 is 0 Å². The maximum atomic E-state index is 12.3. The van der Waals surface area contributed by atoms with Crippen LogP contribution >= 0.6 is 0 Å². The predicted octanol–water partition coefficient (Wildman–Crippen LogP) is 1.75. The number of hydrogen-bond acceptors (Lipinski definition) is 3. The lowest BCUT2D eigenvalue weighted by atomic mass is 10.5. The molecule has 0 fully saturated rings. The van der Waals surface area contributed by atoms with Crippen molar-refractivity contribution >= 4 is 6.09 Å². The Morgan fingerprint density at radius 3 is 2.38 bits per heavy atom. The number of amides is 1. The Hall–Kier alpha value is -0.840. The van der Waals surface area contributed by atoms with Gasteiger partial charge in [-0.15, -0.1) is 0 Å². The van der Waals surface area contributed by atoms with E-state index in [1.54, 1.807) is 13.8 Å². The Balaban J connectivity index is 4.15. The fraction of sp³-hybridized carbons (Fsp3) is 0.875. The molecule has 0 aliphatic carbocycles. The summed E-state index contributed by atoms with van der Waals surface area (Å²) in [6.45, 7) is 5.02. The minimum atomic E-state index is -1.59. The third-order valence-corrected chi connectivity index (χ3v) is 1.62. The van der Waals surface area contributed by atoms with Gasteiger partial charge >= 0.3 is 6.09 Å². The van der Waals surface area contributed by atoms with Crippen molar-refractivity contribution < 1.29 is 18.7 Å². The minimum absolute atomic E-state index is 0.406. The van der Waals surface area contributed by atoms with Crippen LogP contribution in [0.2, 0.25) is 0 Å². The maximum Gasteiger partial charge on any atom is 0.414 e. The third-order valence-electron chi connectivity index (χ3n) is 1.62. The predicted molar refractivity (Wildman–Crippen MR) is 45.9 cm³/mol. The van der Waals surface area contributed by atoms with Crippen LogP contribution in [0.15, 0.2) is 0 Å². The smallest absolute Gasteiger partial charge is 0.414 e. The molecule has 0 bridgehead atoms. The van der Waals surface area contributed by atoms with Crippen molar-refractivity contribution in [2.75, 3.05) is 13.7 Å². The van der Waals surface area contributed by atoms with Gasteiger partial charge in [-0.3, -0.25) is 4.90 Å². The molecule has 0 heterocycles. The van der Waals surface area contributed by atoms with E-state index in [1.165, 1.54) is 12.0 Å². The molecule has 0 saturated heterocycles. The van der Waals surface area contributed by atoms with Crippen LogP contribution in [-0.4, -0.2) is 37.2 Å². The number of hydrogen-bond donors (Lipinski definition) is 0. The Morgan fingerprint density at radius 1 is 1.54 bits per heavy atom. The van der Waals surface area contributed by atoms with E-state index < -0.39 is 18.7 Å². The van der Waals surface area contributed by atoms with Crippen molar-refractivity contribution in [3.8, 4) is 0 Å². The van der Waals surface area contributed by atoms with E-state index in [9.17, 15) is 9.18 Å². The first-order valence-corrected chi connectivity index (χ1v) is 4.17. The largest absolute Gasteiger partial charge is 0.415 e. The molecule has 0 aliphatic heterocycles. The van der Waals surface area contributed by atoms with Gasteiger partial charge in [0.25, 0.3) is 0 Å². The van der Waals surface area contributed by atoms with Crippen molar-refractivity contribution in [3.63, 3.8) is 0 Å². The zero-order valence-corrected chi connectivity index (χ0v) is 8.41. The summed E-state index contributed by atoms with van der Waals surface area (Å²) < 4.78 is 21.6. The van der Waals surface area contributed by atoms with Gasteiger partial charge in [0.1, 0.15) is 6.23 Å². The molecule has 0 aromatic heterocycles. The molecular weight excluding hydrogens is 177 g/mol. The van der Waals surface area contributed by atoms with Crippen LogP contribution in [-0.2, 0) is 9.47 Å². The zero-order chi connectivity index (χ0) is 10.4. The molecule has 0 radical (unpaired) electrons. The summed E-state index contributed by atoms with van der Waals surface area (Å²) in [5.74, 6) is 0. The number of carbonyl (C=O) groups is 1. The molecule has 0 N–H and O–H groups in total. The quantitative estimate of drug-likeness (QED) is 0.638. The lowest BCUT2D eigenvalue weighted by Gasteiger charge is -2.25. The Bertz CT molecular complexity index is 163. The number of rotatable bonds is 4. The second-order valence-electron chi connectivity index (χ2n) is 2.55. The molecule has 5 heteroatoms. The van der Waals surface area contributed by atoms with Gasteiger partial charge in [-0.2, -0.15) is 0 Å². The fourth-order valence-corrected chi connectivity index (χ4v) is 0.869. The van der Waals surface area contributed by atoms with Gasteiger partial charge in [-0.1, -0.05) is 0 Å². The standard InChI is InChI=1S/C8H16FNO3/c1-5-10(7(3)12-4)8(11)13-6(2)9/h6-7H,5H2,1-4H3. The van der Waals surface area contributed by atoms with E-state index in [1.807, 2.05) is 0 Å². The number of halogens is 1. The van der Waals surface area contributed by atoms with E-state index in [-0.39, 0.29) is 0 Å². The lowest BCUT2D eigenvalue weighted by molar-refractivity contribution is -0.0450. The summed E-state index contributed by atoms with van der Waals surface area (Å²) in [7, 11) is 1.47. The minimum Gasteiger partial charge on any atom is -0.415 e. The highest BCUT2D eigenvalue weighted by molar-refractivity contribution is 5.67. The van der Waals surface area contributed by atoms with E-state index in [0.29, 0.717) is 6.54 Å². The molecule has 0 aliphatic rings. The summed E-state index contributed by atoms with van der Waals surface area (Å²) in [5, 5.41) is 0. The van der Waals surface area contributed by atoms with Crippen molar-refractivity contribution in [2.24, 2.45) is 0 Å². The van der Waals surface area contributed by atoms with E-state index >= 15 is 0 Å². The SMILES string of the molecule is CCN(C(=O)OC(C)F)C(C)OC.